The number of aromatic nitrogens is 5. The number of hydrogen-bond donors (Lipinski definition) is 2. The lowest BCUT2D eigenvalue weighted by molar-refractivity contribution is 0.402. The van der Waals surface area contributed by atoms with E-state index < -0.39 is 5.82 Å². The number of rotatable bonds is 3. The van der Waals surface area contributed by atoms with Gasteiger partial charge < -0.3 is 19.7 Å². The van der Waals surface area contributed by atoms with Gasteiger partial charge in [-0.1, -0.05) is 6.07 Å². The maximum Gasteiger partial charge on any atom is 0.245 e. The van der Waals surface area contributed by atoms with Gasteiger partial charge in [-0.3, -0.25) is 0 Å². The van der Waals surface area contributed by atoms with Crippen molar-refractivity contribution in [2.45, 2.75) is 32.9 Å². The summed E-state index contributed by atoms with van der Waals surface area (Å²) in [4.78, 5) is 10.8. The molecule has 0 aliphatic carbocycles. The summed E-state index contributed by atoms with van der Waals surface area (Å²) in [5.74, 6) is 0.184. The van der Waals surface area contributed by atoms with Gasteiger partial charge in [0, 0.05) is 48.7 Å². The van der Waals surface area contributed by atoms with Gasteiger partial charge in [-0.15, -0.1) is 10.2 Å². The molecule has 4 aromatic rings. The van der Waals surface area contributed by atoms with Crippen molar-refractivity contribution in [2.75, 3.05) is 18.0 Å². The van der Waals surface area contributed by atoms with Gasteiger partial charge in [-0.25, -0.2) is 14.4 Å². The van der Waals surface area contributed by atoms with Crippen molar-refractivity contribution < 1.29 is 9.50 Å². The molecule has 32 heavy (non-hydrogen) atoms. The molecule has 1 aliphatic rings. The molecule has 0 saturated carbocycles. The highest BCUT2D eigenvalue weighted by Crippen LogP contribution is 2.33. The number of fused-ring (bicyclic) bond motifs is 1. The van der Waals surface area contributed by atoms with Crippen molar-refractivity contribution in [1.82, 2.24) is 29.9 Å². The van der Waals surface area contributed by atoms with Crippen molar-refractivity contribution in [3.05, 3.63) is 54.4 Å². The number of piperazine rings is 1. The van der Waals surface area contributed by atoms with Gasteiger partial charge in [-0.05, 0) is 44.5 Å². The number of pyridine rings is 1. The average molecular weight is 433 g/mol. The zero-order chi connectivity index (χ0) is 22.4. The number of imidazole rings is 1. The molecule has 1 fully saturated rings. The second kappa shape index (κ2) is 7.83. The van der Waals surface area contributed by atoms with Crippen molar-refractivity contribution in [3.8, 4) is 28.1 Å². The SMILES string of the molecule is Cc1cn2cc(-c3ccc(-c4cnc(N5C[C@@H](C)N[C@@H](C)C5)nn4)c(O)c3)cc(F)c2n1. The standard InChI is InChI=1S/C23H24FN7O/c1-13-10-31(11-14(2)26-13)23-25-8-20(28-29-23)18-5-4-16(7-21(18)32)17-6-19(24)22-27-15(3)9-30(22)12-17/h4-9,12-14,26,32H,10-11H2,1-3H3/t13-,14+. The van der Waals surface area contributed by atoms with Crippen LogP contribution in [-0.2, 0) is 0 Å². The summed E-state index contributed by atoms with van der Waals surface area (Å²) in [6.07, 6.45) is 5.17. The zero-order valence-corrected chi connectivity index (χ0v) is 18.1. The number of aryl methyl sites for hydroxylation is 1. The molecule has 0 bridgehead atoms. The van der Waals surface area contributed by atoms with Crippen LogP contribution >= 0.6 is 0 Å². The highest BCUT2D eigenvalue weighted by Gasteiger charge is 2.23. The van der Waals surface area contributed by atoms with Crippen LogP contribution in [0.3, 0.4) is 0 Å². The maximum atomic E-state index is 14.4. The first-order chi connectivity index (χ1) is 15.4. The molecule has 5 rings (SSSR count). The topological polar surface area (TPSA) is 91.5 Å². The smallest absolute Gasteiger partial charge is 0.245 e. The third kappa shape index (κ3) is 3.75. The average Bonchev–Trinajstić information content (AvgIpc) is 3.14. The van der Waals surface area contributed by atoms with Crippen molar-refractivity contribution in [1.29, 1.82) is 0 Å². The summed E-state index contributed by atoms with van der Waals surface area (Å²) in [7, 11) is 0. The molecule has 2 atom stereocenters. The van der Waals surface area contributed by atoms with Crippen molar-refractivity contribution in [2.24, 2.45) is 0 Å². The molecule has 164 valence electrons. The maximum absolute atomic E-state index is 14.4. The Morgan fingerprint density at radius 2 is 1.84 bits per heavy atom. The van der Waals surface area contributed by atoms with Gasteiger partial charge in [0.25, 0.3) is 0 Å². The van der Waals surface area contributed by atoms with Gasteiger partial charge in [0.1, 0.15) is 11.4 Å². The van der Waals surface area contributed by atoms with Crippen LogP contribution in [0, 0.1) is 12.7 Å². The van der Waals surface area contributed by atoms with Crippen LogP contribution in [-0.4, -0.2) is 54.8 Å². The van der Waals surface area contributed by atoms with Gasteiger partial charge in [0.15, 0.2) is 11.5 Å². The summed E-state index contributed by atoms with van der Waals surface area (Å²) in [5.41, 5.74) is 3.32. The molecule has 3 aromatic heterocycles. The third-order valence-corrected chi connectivity index (χ3v) is 5.62. The van der Waals surface area contributed by atoms with Crippen molar-refractivity contribution in [3.63, 3.8) is 0 Å². The second-order valence-corrected chi connectivity index (χ2v) is 8.44. The van der Waals surface area contributed by atoms with E-state index in [1.807, 2.05) is 13.0 Å². The minimum Gasteiger partial charge on any atom is -0.507 e. The van der Waals surface area contributed by atoms with E-state index in [2.05, 4.69) is 44.2 Å². The lowest BCUT2D eigenvalue weighted by Crippen LogP contribution is -2.54. The number of phenolic OH excluding ortho intramolecular Hbond substituents is 1. The Balaban J connectivity index is 1.42. The first-order valence-corrected chi connectivity index (χ1v) is 10.6. The van der Waals surface area contributed by atoms with Gasteiger partial charge in [0.05, 0.1) is 11.9 Å². The Bertz CT molecular complexity index is 1280. The molecular weight excluding hydrogens is 409 g/mol. The predicted molar refractivity (Wildman–Crippen MR) is 120 cm³/mol. The van der Waals surface area contributed by atoms with Crippen LogP contribution in [0.4, 0.5) is 10.3 Å². The minimum atomic E-state index is -0.415. The van der Waals surface area contributed by atoms with E-state index in [0.717, 1.165) is 18.8 Å². The van der Waals surface area contributed by atoms with Crippen LogP contribution in [0.1, 0.15) is 19.5 Å². The molecule has 8 nitrogen and oxygen atoms in total. The number of phenols is 1. The van der Waals surface area contributed by atoms with E-state index in [1.54, 1.807) is 35.1 Å². The first-order valence-electron chi connectivity index (χ1n) is 10.6. The van der Waals surface area contributed by atoms with E-state index in [1.165, 1.54) is 6.07 Å². The van der Waals surface area contributed by atoms with Gasteiger partial charge >= 0.3 is 0 Å². The Kier molecular flexibility index (Phi) is 4.97. The number of aromatic hydroxyl groups is 1. The summed E-state index contributed by atoms with van der Waals surface area (Å²) in [5, 5.41) is 22.7. The Morgan fingerprint density at radius 3 is 2.53 bits per heavy atom. The van der Waals surface area contributed by atoms with Crippen LogP contribution < -0.4 is 10.2 Å². The van der Waals surface area contributed by atoms with E-state index in [9.17, 15) is 9.50 Å². The number of anilines is 1. The quantitative estimate of drug-likeness (QED) is 0.513. The Labute approximate surface area is 184 Å². The Morgan fingerprint density at radius 1 is 1.06 bits per heavy atom. The molecule has 0 unspecified atom stereocenters. The minimum absolute atomic E-state index is 0.0260. The normalized spacial score (nSPS) is 18.9. The fraction of sp³-hybridized carbons (Fsp3) is 0.304. The molecule has 1 aromatic carbocycles. The summed E-state index contributed by atoms with van der Waals surface area (Å²) < 4.78 is 16.1. The molecule has 9 heteroatoms. The number of benzene rings is 1. The largest absolute Gasteiger partial charge is 0.507 e. The van der Waals surface area contributed by atoms with E-state index in [4.69, 9.17) is 0 Å². The fourth-order valence-corrected chi connectivity index (χ4v) is 4.29. The molecule has 0 spiro atoms. The van der Waals surface area contributed by atoms with Crippen LogP contribution in [0.15, 0.2) is 42.9 Å². The monoisotopic (exact) mass is 433 g/mol. The van der Waals surface area contributed by atoms with E-state index in [0.29, 0.717) is 40.4 Å². The van der Waals surface area contributed by atoms with Gasteiger partial charge in [-0.2, -0.15) is 0 Å². The molecule has 0 radical (unpaired) electrons. The lowest BCUT2D eigenvalue weighted by Gasteiger charge is -2.35. The van der Waals surface area contributed by atoms with E-state index in [-0.39, 0.29) is 11.4 Å². The highest BCUT2D eigenvalue weighted by molar-refractivity contribution is 5.74. The third-order valence-electron chi connectivity index (χ3n) is 5.62. The molecular formula is C23H24FN7O. The van der Waals surface area contributed by atoms with Gasteiger partial charge in [0.2, 0.25) is 5.95 Å². The lowest BCUT2D eigenvalue weighted by atomic mass is 10.0. The molecule has 1 saturated heterocycles. The highest BCUT2D eigenvalue weighted by atomic mass is 19.1. The van der Waals surface area contributed by atoms with Crippen LogP contribution in [0.2, 0.25) is 0 Å². The molecule has 1 aliphatic heterocycles. The number of halogens is 1. The summed E-state index contributed by atoms with van der Waals surface area (Å²) in [6.45, 7) is 7.69. The summed E-state index contributed by atoms with van der Waals surface area (Å²) >= 11 is 0. The van der Waals surface area contributed by atoms with Crippen molar-refractivity contribution >= 4 is 11.6 Å². The van der Waals surface area contributed by atoms with E-state index >= 15 is 0 Å². The number of hydrogen-bond acceptors (Lipinski definition) is 7. The zero-order valence-electron chi connectivity index (χ0n) is 18.1. The number of nitrogens with one attached hydrogen (secondary N) is 1. The molecule has 0 amide bonds. The first kappa shape index (κ1) is 20.3. The summed E-state index contributed by atoms with van der Waals surface area (Å²) in [6, 6.07) is 7.25. The fourth-order valence-electron chi connectivity index (χ4n) is 4.29. The number of nitrogens with zero attached hydrogens (tertiary/aromatic N) is 6. The molecule has 2 N–H and O–H groups in total. The predicted octanol–water partition coefficient (Wildman–Crippen LogP) is 3.19. The molecule has 4 heterocycles. The van der Waals surface area contributed by atoms with Crippen LogP contribution in [0.5, 0.6) is 5.75 Å². The second-order valence-electron chi connectivity index (χ2n) is 8.44. The van der Waals surface area contributed by atoms with Crippen LogP contribution in [0.25, 0.3) is 28.0 Å². The Hall–Kier alpha value is -3.59.